The van der Waals surface area contributed by atoms with Crippen molar-refractivity contribution in [3.63, 3.8) is 0 Å². The number of ether oxygens (including phenoxy) is 4. The predicted molar refractivity (Wildman–Crippen MR) is 137 cm³/mol. The molecule has 1 fully saturated rings. The van der Waals surface area contributed by atoms with Gasteiger partial charge in [0.1, 0.15) is 30.4 Å². The van der Waals surface area contributed by atoms with Gasteiger partial charge < -0.3 is 34.2 Å². The van der Waals surface area contributed by atoms with E-state index in [1.54, 1.807) is 21.3 Å². The van der Waals surface area contributed by atoms with Gasteiger partial charge in [-0.25, -0.2) is 4.79 Å². The van der Waals surface area contributed by atoms with Gasteiger partial charge in [-0.1, -0.05) is 29.4 Å². The molecular weight excluding hydrogens is 480 g/mol. The summed E-state index contributed by atoms with van der Waals surface area (Å²) in [5, 5.41) is 16.3. The lowest BCUT2D eigenvalue weighted by atomic mass is 9.93. The maximum atomic E-state index is 12.9. The SMILES string of the molecule is COCc1cc(OC)c(-c2ccc(C[C@H](NC(=O)C(=NOC)C3CCOCC3)C(=O)O)cc2)c(OC)c1. The maximum absolute atomic E-state index is 12.9. The van der Waals surface area contributed by atoms with E-state index in [1.807, 2.05) is 36.4 Å². The molecule has 1 atom stereocenters. The molecule has 200 valence electrons. The van der Waals surface area contributed by atoms with Crippen molar-refractivity contribution in [3.05, 3.63) is 47.5 Å². The van der Waals surface area contributed by atoms with E-state index in [-0.39, 0.29) is 18.1 Å². The van der Waals surface area contributed by atoms with Gasteiger partial charge in [0.25, 0.3) is 5.91 Å². The topological polar surface area (TPSA) is 125 Å². The van der Waals surface area contributed by atoms with Crippen LogP contribution in [0.25, 0.3) is 11.1 Å². The number of oxime groups is 1. The van der Waals surface area contributed by atoms with Gasteiger partial charge in [-0.3, -0.25) is 4.79 Å². The molecule has 0 bridgehead atoms. The van der Waals surface area contributed by atoms with Crippen LogP contribution in [-0.2, 0) is 36.9 Å². The van der Waals surface area contributed by atoms with Gasteiger partial charge in [0, 0.05) is 32.7 Å². The molecule has 1 heterocycles. The highest BCUT2D eigenvalue weighted by Crippen LogP contribution is 2.40. The van der Waals surface area contributed by atoms with Crippen LogP contribution in [0.2, 0.25) is 0 Å². The summed E-state index contributed by atoms with van der Waals surface area (Å²) < 4.78 is 21.8. The summed E-state index contributed by atoms with van der Waals surface area (Å²) in [5.74, 6) is -0.579. The molecule has 0 spiro atoms. The summed E-state index contributed by atoms with van der Waals surface area (Å²) in [6.07, 6.45) is 1.33. The van der Waals surface area contributed by atoms with Crippen LogP contribution in [0.15, 0.2) is 41.6 Å². The second-order valence-electron chi connectivity index (χ2n) is 8.62. The van der Waals surface area contributed by atoms with Crippen LogP contribution < -0.4 is 14.8 Å². The number of nitrogens with one attached hydrogen (secondary N) is 1. The molecule has 0 aromatic heterocycles. The fourth-order valence-corrected chi connectivity index (χ4v) is 4.35. The molecule has 2 aromatic rings. The molecule has 0 radical (unpaired) electrons. The van der Waals surface area contributed by atoms with E-state index in [1.165, 1.54) is 7.11 Å². The Bertz CT molecular complexity index is 1070. The Morgan fingerprint density at radius 2 is 1.65 bits per heavy atom. The number of rotatable bonds is 12. The Morgan fingerprint density at radius 3 is 2.16 bits per heavy atom. The number of aliphatic carboxylic acids is 1. The van der Waals surface area contributed by atoms with Crippen molar-refractivity contribution in [3.8, 4) is 22.6 Å². The molecule has 10 heteroatoms. The second kappa shape index (κ2) is 13.6. The number of methoxy groups -OCH3 is 3. The van der Waals surface area contributed by atoms with Crippen molar-refractivity contribution in [2.75, 3.05) is 41.7 Å². The molecule has 2 aromatic carbocycles. The summed E-state index contributed by atoms with van der Waals surface area (Å²) in [4.78, 5) is 29.8. The minimum Gasteiger partial charge on any atom is -0.496 e. The zero-order valence-corrected chi connectivity index (χ0v) is 21.6. The molecular formula is C27H34N2O8. The molecule has 0 unspecified atom stereocenters. The van der Waals surface area contributed by atoms with Crippen LogP contribution in [-0.4, -0.2) is 70.4 Å². The summed E-state index contributed by atoms with van der Waals surface area (Å²) in [6, 6.07) is 10.0. The van der Waals surface area contributed by atoms with Crippen LogP contribution in [0.5, 0.6) is 11.5 Å². The van der Waals surface area contributed by atoms with Gasteiger partial charge >= 0.3 is 5.97 Å². The summed E-state index contributed by atoms with van der Waals surface area (Å²) in [7, 11) is 6.15. The first-order valence-corrected chi connectivity index (χ1v) is 12.0. The number of hydrogen-bond acceptors (Lipinski definition) is 8. The lowest BCUT2D eigenvalue weighted by Gasteiger charge is -2.23. The van der Waals surface area contributed by atoms with Gasteiger partial charge in [-0.2, -0.15) is 0 Å². The molecule has 1 aliphatic rings. The second-order valence-corrected chi connectivity index (χ2v) is 8.62. The maximum Gasteiger partial charge on any atom is 0.326 e. The first-order valence-electron chi connectivity index (χ1n) is 12.0. The van der Waals surface area contributed by atoms with E-state index >= 15 is 0 Å². The largest absolute Gasteiger partial charge is 0.496 e. The van der Waals surface area contributed by atoms with Gasteiger partial charge in [0.15, 0.2) is 0 Å². The van der Waals surface area contributed by atoms with Crippen molar-refractivity contribution < 1.29 is 38.5 Å². The summed E-state index contributed by atoms with van der Waals surface area (Å²) in [5.41, 5.74) is 3.45. The minimum absolute atomic E-state index is 0.0937. The molecule has 0 saturated carbocycles. The van der Waals surface area contributed by atoms with Gasteiger partial charge in [-0.15, -0.1) is 0 Å². The van der Waals surface area contributed by atoms with Crippen molar-refractivity contribution in [1.29, 1.82) is 0 Å². The number of carboxylic acids is 1. The molecule has 10 nitrogen and oxygen atoms in total. The zero-order valence-electron chi connectivity index (χ0n) is 21.6. The van der Waals surface area contributed by atoms with Gasteiger partial charge in [0.2, 0.25) is 0 Å². The standard InChI is InChI=1S/C27H34N2O8/c1-33-16-18-14-22(34-2)24(23(15-18)35-3)19-7-5-17(6-8-19)13-21(27(31)32)28-26(30)25(29-36-4)20-9-11-37-12-10-20/h5-8,14-15,20-21H,9-13,16H2,1-4H3,(H,28,30)(H,31,32)/t21-/m0/s1. The van der Waals surface area contributed by atoms with E-state index in [4.69, 9.17) is 23.8 Å². The van der Waals surface area contributed by atoms with E-state index in [9.17, 15) is 14.7 Å². The molecule has 3 rings (SSSR count). The lowest BCUT2D eigenvalue weighted by molar-refractivity contribution is -0.141. The molecule has 37 heavy (non-hydrogen) atoms. The number of hydrogen-bond donors (Lipinski definition) is 2. The fourth-order valence-electron chi connectivity index (χ4n) is 4.35. The van der Waals surface area contributed by atoms with Crippen LogP contribution in [0.1, 0.15) is 24.0 Å². The van der Waals surface area contributed by atoms with Crippen molar-refractivity contribution >= 4 is 17.6 Å². The third-order valence-electron chi connectivity index (χ3n) is 6.19. The number of benzene rings is 2. The highest BCUT2D eigenvalue weighted by molar-refractivity contribution is 6.39. The van der Waals surface area contributed by atoms with E-state index < -0.39 is 17.9 Å². The summed E-state index contributed by atoms with van der Waals surface area (Å²) in [6.45, 7) is 1.44. The van der Waals surface area contributed by atoms with Crippen molar-refractivity contribution in [1.82, 2.24) is 5.32 Å². The Balaban J connectivity index is 1.79. The van der Waals surface area contributed by atoms with E-state index in [2.05, 4.69) is 10.5 Å². The van der Waals surface area contributed by atoms with Gasteiger partial charge in [0.05, 0.1) is 26.4 Å². The van der Waals surface area contributed by atoms with E-state index in [0.717, 1.165) is 22.3 Å². The molecule has 1 aliphatic heterocycles. The number of amides is 1. The number of carbonyl (C=O) groups is 2. The van der Waals surface area contributed by atoms with Crippen molar-refractivity contribution in [2.45, 2.75) is 31.9 Å². The molecule has 0 aliphatic carbocycles. The molecule has 1 saturated heterocycles. The lowest BCUT2D eigenvalue weighted by Crippen LogP contribution is -2.47. The third-order valence-corrected chi connectivity index (χ3v) is 6.19. The zero-order chi connectivity index (χ0) is 26.8. The highest BCUT2D eigenvalue weighted by Gasteiger charge is 2.29. The Labute approximate surface area is 216 Å². The quantitative estimate of drug-likeness (QED) is 0.327. The monoisotopic (exact) mass is 514 g/mol. The average molecular weight is 515 g/mol. The van der Waals surface area contributed by atoms with Crippen LogP contribution in [0.4, 0.5) is 0 Å². The molecule has 1 amide bonds. The van der Waals surface area contributed by atoms with Crippen LogP contribution in [0, 0.1) is 5.92 Å². The fraction of sp³-hybridized carbons (Fsp3) is 0.444. The Morgan fingerprint density at radius 1 is 1.03 bits per heavy atom. The van der Waals surface area contributed by atoms with E-state index in [0.29, 0.717) is 44.2 Å². The Hall–Kier alpha value is -3.63. The first-order chi connectivity index (χ1) is 17.9. The highest BCUT2D eigenvalue weighted by atomic mass is 16.6. The van der Waals surface area contributed by atoms with Crippen molar-refractivity contribution in [2.24, 2.45) is 11.1 Å². The minimum atomic E-state index is -1.14. The number of carboxylic acid groups (broad SMARTS) is 1. The van der Waals surface area contributed by atoms with Crippen LogP contribution in [0.3, 0.4) is 0 Å². The molecule has 2 N–H and O–H groups in total. The summed E-state index contributed by atoms with van der Waals surface area (Å²) >= 11 is 0. The average Bonchev–Trinajstić information content (AvgIpc) is 2.91. The predicted octanol–water partition coefficient (Wildman–Crippen LogP) is 3.06. The number of nitrogens with zero attached hydrogens (tertiary/aromatic N) is 1. The van der Waals surface area contributed by atoms with Gasteiger partial charge in [-0.05, 0) is 41.7 Å². The number of carbonyl (C=O) groups excluding carboxylic acids is 1. The first kappa shape index (κ1) is 27.9. The normalized spacial score (nSPS) is 15.1. The van der Waals surface area contributed by atoms with Crippen LogP contribution >= 0.6 is 0 Å². The third kappa shape index (κ3) is 7.21. The smallest absolute Gasteiger partial charge is 0.326 e. The Kier molecular flexibility index (Phi) is 10.3.